The summed E-state index contributed by atoms with van der Waals surface area (Å²) in [6.07, 6.45) is -0.215. The van der Waals surface area contributed by atoms with Gasteiger partial charge in [0, 0.05) is 13.0 Å². The standard InChI is InChI=1S/C10H15NO/c1-8(10(11)12-2)9-6-4-3-5-7-9/h3-8,10H,11H2,1-2H3/t8?,10-/m1/s1. The summed E-state index contributed by atoms with van der Waals surface area (Å²) < 4.78 is 5.04. The molecular formula is C10H15NO. The van der Waals surface area contributed by atoms with Crippen molar-refractivity contribution in [3.63, 3.8) is 0 Å². The Hall–Kier alpha value is -0.860. The van der Waals surface area contributed by atoms with Crippen LogP contribution in [-0.4, -0.2) is 13.3 Å². The van der Waals surface area contributed by atoms with Gasteiger partial charge in [0.05, 0.1) is 0 Å². The van der Waals surface area contributed by atoms with E-state index >= 15 is 0 Å². The van der Waals surface area contributed by atoms with Crippen molar-refractivity contribution < 1.29 is 4.74 Å². The van der Waals surface area contributed by atoms with E-state index in [0.717, 1.165) is 0 Å². The second-order valence-electron chi connectivity index (χ2n) is 2.90. The Labute approximate surface area is 73.3 Å². The van der Waals surface area contributed by atoms with Crippen LogP contribution in [0.2, 0.25) is 0 Å². The van der Waals surface area contributed by atoms with E-state index in [1.165, 1.54) is 5.56 Å². The summed E-state index contributed by atoms with van der Waals surface area (Å²) in [6.45, 7) is 2.06. The molecular weight excluding hydrogens is 150 g/mol. The minimum atomic E-state index is -0.215. The molecule has 2 nitrogen and oxygen atoms in total. The van der Waals surface area contributed by atoms with Crippen molar-refractivity contribution >= 4 is 0 Å². The molecule has 0 saturated heterocycles. The molecule has 0 aliphatic heterocycles. The Kier molecular flexibility index (Phi) is 3.26. The maximum Gasteiger partial charge on any atom is 0.111 e. The molecule has 0 saturated carbocycles. The molecule has 0 heterocycles. The van der Waals surface area contributed by atoms with Crippen molar-refractivity contribution in [3.05, 3.63) is 35.9 Å². The van der Waals surface area contributed by atoms with Gasteiger partial charge in [-0.1, -0.05) is 37.3 Å². The minimum absolute atomic E-state index is 0.215. The molecule has 0 spiro atoms. The third-order valence-electron chi connectivity index (χ3n) is 2.09. The van der Waals surface area contributed by atoms with Gasteiger partial charge >= 0.3 is 0 Å². The fourth-order valence-electron chi connectivity index (χ4n) is 1.15. The van der Waals surface area contributed by atoms with Crippen molar-refractivity contribution in [2.75, 3.05) is 7.11 Å². The second-order valence-corrected chi connectivity index (χ2v) is 2.90. The predicted octanol–water partition coefficient (Wildman–Crippen LogP) is 1.72. The molecule has 0 amide bonds. The Morgan fingerprint density at radius 1 is 1.25 bits per heavy atom. The summed E-state index contributed by atoms with van der Waals surface area (Å²) in [5, 5.41) is 0. The molecule has 2 heteroatoms. The van der Waals surface area contributed by atoms with E-state index in [4.69, 9.17) is 10.5 Å². The van der Waals surface area contributed by atoms with Gasteiger partial charge in [-0.15, -0.1) is 0 Å². The van der Waals surface area contributed by atoms with E-state index in [9.17, 15) is 0 Å². The quantitative estimate of drug-likeness (QED) is 0.692. The first-order chi connectivity index (χ1) is 5.75. The summed E-state index contributed by atoms with van der Waals surface area (Å²) in [7, 11) is 1.63. The zero-order chi connectivity index (χ0) is 8.97. The van der Waals surface area contributed by atoms with Crippen molar-refractivity contribution in [1.29, 1.82) is 0 Å². The SMILES string of the molecule is CO[C@@H](N)C(C)c1ccccc1. The molecule has 1 aromatic carbocycles. The lowest BCUT2D eigenvalue weighted by Gasteiger charge is -2.18. The monoisotopic (exact) mass is 165 g/mol. The van der Waals surface area contributed by atoms with Crippen LogP contribution < -0.4 is 5.73 Å². The molecule has 1 rings (SSSR count). The normalized spacial score (nSPS) is 15.6. The average molecular weight is 165 g/mol. The molecule has 0 aliphatic carbocycles. The molecule has 0 radical (unpaired) electrons. The number of methoxy groups -OCH3 is 1. The van der Waals surface area contributed by atoms with Crippen LogP contribution in [0.4, 0.5) is 0 Å². The maximum absolute atomic E-state index is 5.73. The number of benzene rings is 1. The van der Waals surface area contributed by atoms with Crippen molar-refractivity contribution in [3.8, 4) is 0 Å². The molecule has 1 aromatic rings. The van der Waals surface area contributed by atoms with Gasteiger partial charge < -0.3 is 10.5 Å². The van der Waals surface area contributed by atoms with Crippen molar-refractivity contribution in [1.82, 2.24) is 0 Å². The number of hydrogen-bond acceptors (Lipinski definition) is 2. The van der Waals surface area contributed by atoms with Crippen LogP contribution in [-0.2, 0) is 4.74 Å². The van der Waals surface area contributed by atoms with Crippen LogP contribution in [0.15, 0.2) is 30.3 Å². The summed E-state index contributed by atoms with van der Waals surface area (Å²) in [4.78, 5) is 0. The zero-order valence-corrected chi connectivity index (χ0v) is 7.53. The molecule has 0 bridgehead atoms. The molecule has 0 aliphatic rings. The number of nitrogens with two attached hydrogens (primary N) is 1. The number of ether oxygens (including phenoxy) is 1. The molecule has 0 fully saturated rings. The molecule has 2 atom stereocenters. The first-order valence-corrected chi connectivity index (χ1v) is 4.09. The maximum atomic E-state index is 5.73. The van der Waals surface area contributed by atoms with Crippen LogP contribution in [0.25, 0.3) is 0 Å². The van der Waals surface area contributed by atoms with E-state index in [1.807, 2.05) is 18.2 Å². The van der Waals surface area contributed by atoms with Crippen molar-refractivity contribution in [2.45, 2.75) is 19.1 Å². The van der Waals surface area contributed by atoms with Gasteiger partial charge in [0.25, 0.3) is 0 Å². The fourth-order valence-corrected chi connectivity index (χ4v) is 1.15. The highest BCUT2D eigenvalue weighted by Crippen LogP contribution is 2.17. The van der Waals surface area contributed by atoms with Gasteiger partial charge in [0.1, 0.15) is 6.23 Å². The van der Waals surface area contributed by atoms with Gasteiger partial charge in [0.2, 0.25) is 0 Å². The highest BCUT2D eigenvalue weighted by atomic mass is 16.5. The van der Waals surface area contributed by atoms with E-state index in [0.29, 0.717) is 0 Å². The topological polar surface area (TPSA) is 35.2 Å². The second kappa shape index (κ2) is 4.24. The van der Waals surface area contributed by atoms with Crippen LogP contribution in [0.5, 0.6) is 0 Å². The molecule has 0 aromatic heterocycles. The average Bonchev–Trinajstić information content (AvgIpc) is 2.17. The fraction of sp³-hybridized carbons (Fsp3) is 0.400. The zero-order valence-electron chi connectivity index (χ0n) is 7.53. The van der Waals surface area contributed by atoms with Crippen LogP contribution in [0.1, 0.15) is 18.4 Å². The van der Waals surface area contributed by atoms with Crippen molar-refractivity contribution in [2.24, 2.45) is 5.73 Å². The third kappa shape index (κ3) is 2.06. The Bertz CT molecular complexity index is 223. The van der Waals surface area contributed by atoms with E-state index in [1.54, 1.807) is 7.11 Å². The summed E-state index contributed by atoms with van der Waals surface area (Å²) in [6, 6.07) is 10.1. The number of hydrogen-bond donors (Lipinski definition) is 1. The first-order valence-electron chi connectivity index (χ1n) is 4.09. The molecule has 2 N–H and O–H groups in total. The lowest BCUT2D eigenvalue weighted by Crippen LogP contribution is -2.28. The minimum Gasteiger partial charge on any atom is -0.366 e. The smallest absolute Gasteiger partial charge is 0.111 e. The molecule has 12 heavy (non-hydrogen) atoms. The van der Waals surface area contributed by atoms with E-state index < -0.39 is 0 Å². The largest absolute Gasteiger partial charge is 0.366 e. The van der Waals surface area contributed by atoms with E-state index in [2.05, 4.69) is 19.1 Å². The van der Waals surface area contributed by atoms with Crippen LogP contribution in [0, 0.1) is 0 Å². The Morgan fingerprint density at radius 2 is 1.83 bits per heavy atom. The summed E-state index contributed by atoms with van der Waals surface area (Å²) in [5.41, 5.74) is 6.94. The van der Waals surface area contributed by atoms with Gasteiger partial charge in [-0.2, -0.15) is 0 Å². The first kappa shape index (κ1) is 9.23. The van der Waals surface area contributed by atoms with Gasteiger partial charge in [-0.05, 0) is 5.56 Å². The highest BCUT2D eigenvalue weighted by molar-refractivity contribution is 5.19. The van der Waals surface area contributed by atoms with Crippen LogP contribution >= 0.6 is 0 Å². The molecule has 1 unspecified atom stereocenters. The van der Waals surface area contributed by atoms with Gasteiger partial charge in [-0.25, -0.2) is 0 Å². The third-order valence-corrected chi connectivity index (χ3v) is 2.09. The van der Waals surface area contributed by atoms with Gasteiger partial charge in [0.15, 0.2) is 0 Å². The van der Waals surface area contributed by atoms with Crippen LogP contribution in [0.3, 0.4) is 0 Å². The summed E-state index contributed by atoms with van der Waals surface area (Å²) in [5.74, 6) is 0.246. The lowest BCUT2D eigenvalue weighted by atomic mass is 10.0. The summed E-state index contributed by atoms with van der Waals surface area (Å²) >= 11 is 0. The molecule has 66 valence electrons. The highest BCUT2D eigenvalue weighted by Gasteiger charge is 2.12. The Balaban J connectivity index is 2.71. The lowest BCUT2D eigenvalue weighted by molar-refractivity contribution is 0.0891. The predicted molar refractivity (Wildman–Crippen MR) is 49.8 cm³/mol. The van der Waals surface area contributed by atoms with Gasteiger partial charge in [-0.3, -0.25) is 0 Å². The Morgan fingerprint density at radius 3 is 2.33 bits per heavy atom. The van der Waals surface area contributed by atoms with E-state index in [-0.39, 0.29) is 12.1 Å². The number of rotatable bonds is 3.